The molecule has 5 rings (SSSR count). The molecule has 1 aliphatic carbocycles. The molecule has 37 heavy (non-hydrogen) atoms. The first-order valence-corrected chi connectivity index (χ1v) is 11.8. The van der Waals surface area contributed by atoms with Gasteiger partial charge in [-0.15, -0.1) is 0 Å². The van der Waals surface area contributed by atoms with E-state index in [1.54, 1.807) is 42.7 Å². The summed E-state index contributed by atoms with van der Waals surface area (Å²) < 4.78 is 26.5. The number of pyridine rings is 1. The molecule has 1 saturated carbocycles. The van der Waals surface area contributed by atoms with E-state index in [2.05, 4.69) is 25.7 Å². The number of carbonyl (C=O) groups is 2. The van der Waals surface area contributed by atoms with Gasteiger partial charge in [-0.1, -0.05) is 6.07 Å². The van der Waals surface area contributed by atoms with Crippen molar-refractivity contribution in [3.63, 3.8) is 0 Å². The zero-order valence-corrected chi connectivity index (χ0v) is 20.3. The predicted octanol–water partition coefficient (Wildman–Crippen LogP) is 3.62. The lowest BCUT2D eigenvalue weighted by Crippen LogP contribution is -2.24. The number of imidazole rings is 1. The van der Waals surface area contributed by atoms with E-state index in [0.717, 1.165) is 12.8 Å². The number of hydrogen-bond donors (Lipinski definition) is 2. The van der Waals surface area contributed by atoms with Crippen molar-refractivity contribution in [1.82, 2.24) is 24.9 Å². The lowest BCUT2D eigenvalue weighted by Gasteiger charge is -2.12. The van der Waals surface area contributed by atoms with E-state index in [4.69, 9.17) is 9.47 Å². The first-order chi connectivity index (χ1) is 17.9. The number of amides is 2. The van der Waals surface area contributed by atoms with Gasteiger partial charge in [0.05, 0.1) is 25.6 Å². The second-order valence-electron chi connectivity index (χ2n) is 8.81. The summed E-state index contributed by atoms with van der Waals surface area (Å²) in [4.78, 5) is 32.9. The molecule has 2 N–H and O–H groups in total. The van der Waals surface area contributed by atoms with Crippen LogP contribution in [0.5, 0.6) is 11.6 Å². The molecule has 190 valence electrons. The molecule has 0 radical (unpaired) electrons. The van der Waals surface area contributed by atoms with Crippen molar-refractivity contribution in [3.05, 3.63) is 65.7 Å². The Morgan fingerprint density at radius 2 is 2.03 bits per heavy atom. The van der Waals surface area contributed by atoms with Gasteiger partial charge in [-0.3, -0.25) is 9.59 Å². The van der Waals surface area contributed by atoms with Crippen LogP contribution in [0.15, 0.2) is 48.8 Å². The number of ether oxygens (including phenoxy) is 2. The van der Waals surface area contributed by atoms with Gasteiger partial charge >= 0.3 is 0 Å². The lowest BCUT2D eigenvalue weighted by molar-refractivity contribution is -0.114. The molecular formula is C26H25FN6O4. The fraction of sp³-hybridized carbons (Fsp3) is 0.269. The highest BCUT2D eigenvalue weighted by Gasteiger charge is 2.22. The summed E-state index contributed by atoms with van der Waals surface area (Å²) in [7, 11) is 1.43. The second-order valence-corrected chi connectivity index (χ2v) is 8.81. The number of methoxy groups -OCH3 is 1. The fourth-order valence-electron chi connectivity index (χ4n) is 3.73. The summed E-state index contributed by atoms with van der Waals surface area (Å²) in [6.45, 7) is 2.06. The summed E-state index contributed by atoms with van der Waals surface area (Å²) in [6, 6.07) is 9.66. The van der Waals surface area contributed by atoms with E-state index >= 15 is 0 Å². The number of anilines is 1. The Morgan fingerprint density at radius 1 is 1.19 bits per heavy atom. The van der Waals surface area contributed by atoms with Crippen LogP contribution in [0.2, 0.25) is 0 Å². The Hall–Kier alpha value is -4.54. The van der Waals surface area contributed by atoms with Crippen LogP contribution in [0.25, 0.3) is 16.9 Å². The standard InChI is InChI=1S/C26H25FN6O4/c1-15(34)30-23-13-33-24(31-23)8-7-21(32-33)18-10-19(26(36-2)29-12-18)25(35)28-11-17-5-6-20(27)22(9-17)37-14-16-3-4-16/h5-10,12-13,16H,3-4,11,14H2,1-2H3,(H,28,35)(H,30,34). The molecule has 0 atom stereocenters. The van der Waals surface area contributed by atoms with Gasteiger partial charge < -0.3 is 20.1 Å². The number of fused-ring (bicyclic) bond motifs is 1. The quantitative estimate of drug-likeness (QED) is 0.357. The van der Waals surface area contributed by atoms with E-state index in [0.29, 0.717) is 40.8 Å². The number of benzene rings is 1. The van der Waals surface area contributed by atoms with Crippen LogP contribution in [-0.2, 0) is 11.3 Å². The second kappa shape index (κ2) is 10.2. The minimum Gasteiger partial charge on any atom is -0.490 e. The number of halogens is 1. The van der Waals surface area contributed by atoms with E-state index in [9.17, 15) is 14.0 Å². The molecule has 11 heteroatoms. The third-order valence-electron chi connectivity index (χ3n) is 5.83. The molecule has 2 amide bonds. The topological polar surface area (TPSA) is 120 Å². The fourth-order valence-corrected chi connectivity index (χ4v) is 3.73. The summed E-state index contributed by atoms with van der Waals surface area (Å²) >= 11 is 0. The van der Waals surface area contributed by atoms with E-state index in [1.165, 1.54) is 24.6 Å². The summed E-state index contributed by atoms with van der Waals surface area (Å²) in [5.41, 5.74) is 2.59. The maximum Gasteiger partial charge on any atom is 0.257 e. The van der Waals surface area contributed by atoms with Gasteiger partial charge in [0, 0.05) is 25.2 Å². The predicted molar refractivity (Wildman–Crippen MR) is 133 cm³/mol. The van der Waals surface area contributed by atoms with E-state index in [1.807, 2.05) is 0 Å². The Bertz CT molecular complexity index is 1480. The van der Waals surface area contributed by atoms with Crippen molar-refractivity contribution >= 4 is 23.3 Å². The molecule has 0 bridgehead atoms. The number of carbonyl (C=O) groups excluding carboxylic acids is 2. The minimum absolute atomic E-state index is 0.158. The number of nitrogens with zero attached hydrogens (tertiary/aromatic N) is 4. The highest BCUT2D eigenvalue weighted by molar-refractivity contribution is 5.97. The first kappa shape index (κ1) is 24.2. The molecule has 3 aromatic heterocycles. The highest BCUT2D eigenvalue weighted by atomic mass is 19.1. The van der Waals surface area contributed by atoms with E-state index < -0.39 is 11.7 Å². The highest BCUT2D eigenvalue weighted by Crippen LogP contribution is 2.30. The van der Waals surface area contributed by atoms with Crippen LogP contribution in [0.4, 0.5) is 10.2 Å². The molecule has 0 saturated heterocycles. The van der Waals surface area contributed by atoms with Crippen molar-refractivity contribution in [2.45, 2.75) is 26.3 Å². The first-order valence-electron chi connectivity index (χ1n) is 11.8. The zero-order valence-electron chi connectivity index (χ0n) is 20.3. The average molecular weight is 505 g/mol. The molecule has 1 aliphatic rings. The zero-order chi connectivity index (χ0) is 25.9. The van der Waals surface area contributed by atoms with Crippen LogP contribution >= 0.6 is 0 Å². The summed E-state index contributed by atoms with van der Waals surface area (Å²) in [5, 5.41) is 9.97. The Balaban J connectivity index is 1.33. The smallest absolute Gasteiger partial charge is 0.257 e. The van der Waals surface area contributed by atoms with Gasteiger partial charge in [0.2, 0.25) is 11.8 Å². The van der Waals surface area contributed by atoms with Crippen molar-refractivity contribution < 1.29 is 23.5 Å². The molecule has 10 nitrogen and oxygen atoms in total. The largest absolute Gasteiger partial charge is 0.490 e. The van der Waals surface area contributed by atoms with Gasteiger partial charge in [-0.25, -0.2) is 18.9 Å². The Labute approximate surface area is 211 Å². The number of hydrogen-bond acceptors (Lipinski definition) is 7. The van der Waals surface area contributed by atoms with Gasteiger partial charge in [-0.05, 0) is 54.7 Å². The van der Waals surface area contributed by atoms with Crippen LogP contribution in [0.1, 0.15) is 35.7 Å². The molecule has 1 aromatic carbocycles. The van der Waals surface area contributed by atoms with Crippen molar-refractivity contribution in [2.24, 2.45) is 5.92 Å². The SMILES string of the molecule is COc1ncc(-c2ccc3nc(NC(C)=O)cn3n2)cc1C(=O)NCc1ccc(F)c(OCC2CC2)c1. The summed E-state index contributed by atoms with van der Waals surface area (Å²) in [6.07, 6.45) is 5.36. The van der Waals surface area contributed by atoms with Crippen molar-refractivity contribution in [3.8, 4) is 22.9 Å². The van der Waals surface area contributed by atoms with Gasteiger partial charge in [0.25, 0.3) is 5.91 Å². The van der Waals surface area contributed by atoms with Crippen LogP contribution in [-0.4, -0.2) is 45.1 Å². The number of aromatic nitrogens is 4. The monoisotopic (exact) mass is 504 g/mol. The van der Waals surface area contributed by atoms with Crippen LogP contribution < -0.4 is 20.1 Å². The summed E-state index contributed by atoms with van der Waals surface area (Å²) in [5.74, 6) is 0.146. The Morgan fingerprint density at radius 3 is 2.78 bits per heavy atom. The van der Waals surface area contributed by atoms with Crippen molar-refractivity contribution in [2.75, 3.05) is 19.0 Å². The van der Waals surface area contributed by atoms with Gasteiger partial charge in [0.15, 0.2) is 23.0 Å². The lowest BCUT2D eigenvalue weighted by atomic mass is 10.1. The molecule has 3 heterocycles. The molecule has 4 aromatic rings. The third-order valence-corrected chi connectivity index (χ3v) is 5.83. The van der Waals surface area contributed by atoms with E-state index in [-0.39, 0.29) is 29.6 Å². The molecule has 0 unspecified atom stereocenters. The van der Waals surface area contributed by atoms with Crippen LogP contribution in [0.3, 0.4) is 0 Å². The average Bonchev–Trinajstić information content (AvgIpc) is 3.64. The number of rotatable bonds is 9. The molecular weight excluding hydrogens is 479 g/mol. The maximum absolute atomic E-state index is 14.1. The van der Waals surface area contributed by atoms with Crippen molar-refractivity contribution in [1.29, 1.82) is 0 Å². The molecule has 0 aliphatic heterocycles. The van der Waals surface area contributed by atoms with Gasteiger partial charge in [0.1, 0.15) is 5.56 Å². The van der Waals surface area contributed by atoms with Gasteiger partial charge in [-0.2, -0.15) is 5.10 Å². The normalized spacial score (nSPS) is 12.8. The number of nitrogens with one attached hydrogen (secondary N) is 2. The minimum atomic E-state index is -0.430. The third kappa shape index (κ3) is 5.66. The Kier molecular flexibility index (Phi) is 6.67. The molecule has 0 spiro atoms. The molecule has 1 fully saturated rings. The maximum atomic E-state index is 14.1. The van der Waals surface area contributed by atoms with Crippen LogP contribution in [0, 0.1) is 11.7 Å².